The van der Waals surface area contributed by atoms with E-state index in [9.17, 15) is 5.11 Å². The topological polar surface area (TPSA) is 41.5 Å². The molecule has 0 aromatic carbocycles. The normalized spacial score (nSPS) is 20.4. The van der Waals surface area contributed by atoms with Crippen molar-refractivity contribution in [2.45, 2.75) is 31.7 Å². The summed E-state index contributed by atoms with van der Waals surface area (Å²) in [5.74, 6) is 2.40. The third-order valence-corrected chi connectivity index (χ3v) is 3.91. The highest BCUT2D eigenvalue weighted by molar-refractivity contribution is 7.99. The van der Waals surface area contributed by atoms with Crippen LogP contribution in [0.1, 0.15) is 26.2 Å². The second-order valence-corrected chi connectivity index (χ2v) is 5.42. The summed E-state index contributed by atoms with van der Waals surface area (Å²) in [4.78, 5) is 0. The van der Waals surface area contributed by atoms with Gasteiger partial charge in [-0.3, -0.25) is 0 Å². The van der Waals surface area contributed by atoms with E-state index in [1.807, 2.05) is 11.8 Å². The lowest BCUT2D eigenvalue weighted by molar-refractivity contribution is 0.0123. The molecule has 0 saturated carbocycles. The molecule has 0 unspecified atom stereocenters. The Bertz CT molecular complexity index is 161. The molecule has 0 atom stereocenters. The fraction of sp³-hybridized carbons (Fsp3) is 1.00. The number of aliphatic hydroxyl groups excluding tert-OH is 1. The molecule has 0 amide bonds. The minimum atomic E-state index is -0.0604. The highest BCUT2D eigenvalue weighted by Gasteiger charge is 2.30. The van der Waals surface area contributed by atoms with Crippen molar-refractivity contribution < 1.29 is 9.84 Å². The van der Waals surface area contributed by atoms with E-state index in [0.717, 1.165) is 32.6 Å². The van der Waals surface area contributed by atoms with Gasteiger partial charge in [0.1, 0.15) is 0 Å². The molecule has 0 bridgehead atoms. The van der Waals surface area contributed by atoms with Gasteiger partial charge >= 0.3 is 0 Å². The molecule has 1 heterocycles. The summed E-state index contributed by atoms with van der Waals surface area (Å²) < 4.78 is 5.32. The van der Waals surface area contributed by atoms with Gasteiger partial charge in [0.15, 0.2) is 0 Å². The standard InChI is InChI=1S/C11H23NO2S/c1-2-15-9-3-6-12-11(10-13)4-7-14-8-5-11/h12-13H,2-10H2,1H3. The van der Waals surface area contributed by atoms with Crippen molar-refractivity contribution in [2.75, 3.05) is 37.9 Å². The van der Waals surface area contributed by atoms with Crippen LogP contribution in [-0.2, 0) is 4.74 Å². The SMILES string of the molecule is CCSCCCNC1(CO)CCOCC1. The first-order valence-corrected chi connectivity index (χ1v) is 7.00. The zero-order valence-electron chi connectivity index (χ0n) is 9.63. The Labute approximate surface area is 97.0 Å². The lowest BCUT2D eigenvalue weighted by Crippen LogP contribution is -2.52. The van der Waals surface area contributed by atoms with Gasteiger partial charge in [0.2, 0.25) is 0 Å². The number of nitrogens with one attached hydrogen (secondary N) is 1. The molecule has 0 aromatic heterocycles. The molecule has 0 aliphatic carbocycles. The fourth-order valence-electron chi connectivity index (χ4n) is 1.83. The molecule has 1 rings (SSSR count). The largest absolute Gasteiger partial charge is 0.394 e. The molecular weight excluding hydrogens is 210 g/mol. The molecule has 90 valence electrons. The molecule has 1 aliphatic heterocycles. The van der Waals surface area contributed by atoms with Crippen LogP contribution in [0, 0.1) is 0 Å². The number of ether oxygens (including phenoxy) is 1. The summed E-state index contributed by atoms with van der Waals surface area (Å²) in [6, 6.07) is 0. The van der Waals surface area contributed by atoms with Crippen molar-refractivity contribution in [2.24, 2.45) is 0 Å². The molecule has 15 heavy (non-hydrogen) atoms. The quantitative estimate of drug-likeness (QED) is 0.650. The summed E-state index contributed by atoms with van der Waals surface area (Å²) >= 11 is 1.97. The predicted octanol–water partition coefficient (Wildman–Crippen LogP) is 1.26. The molecule has 2 N–H and O–H groups in total. The third-order valence-electron chi connectivity index (χ3n) is 2.92. The number of hydrogen-bond donors (Lipinski definition) is 2. The Morgan fingerprint density at radius 3 is 2.73 bits per heavy atom. The molecule has 1 saturated heterocycles. The van der Waals surface area contributed by atoms with Crippen LogP contribution in [0.5, 0.6) is 0 Å². The van der Waals surface area contributed by atoms with Crippen LogP contribution in [0.2, 0.25) is 0 Å². The van der Waals surface area contributed by atoms with Crippen LogP contribution in [-0.4, -0.2) is 48.5 Å². The van der Waals surface area contributed by atoms with Crippen LogP contribution in [0.4, 0.5) is 0 Å². The first-order chi connectivity index (χ1) is 7.33. The minimum Gasteiger partial charge on any atom is -0.394 e. The van der Waals surface area contributed by atoms with Gasteiger partial charge in [0, 0.05) is 18.8 Å². The maximum atomic E-state index is 9.42. The molecule has 0 aromatic rings. The Morgan fingerprint density at radius 2 is 2.13 bits per heavy atom. The Kier molecular flexibility index (Phi) is 6.64. The predicted molar refractivity (Wildman–Crippen MR) is 65.5 cm³/mol. The summed E-state index contributed by atoms with van der Waals surface area (Å²) in [6.45, 7) is 4.98. The van der Waals surface area contributed by atoms with Gasteiger partial charge in [0.25, 0.3) is 0 Å². The van der Waals surface area contributed by atoms with Gasteiger partial charge in [-0.15, -0.1) is 0 Å². The van der Waals surface area contributed by atoms with Gasteiger partial charge in [-0.25, -0.2) is 0 Å². The molecule has 3 nitrogen and oxygen atoms in total. The van der Waals surface area contributed by atoms with Crippen molar-refractivity contribution in [3.63, 3.8) is 0 Å². The second-order valence-electron chi connectivity index (χ2n) is 4.03. The molecule has 0 spiro atoms. The van der Waals surface area contributed by atoms with E-state index >= 15 is 0 Å². The zero-order valence-corrected chi connectivity index (χ0v) is 10.4. The van der Waals surface area contributed by atoms with Gasteiger partial charge < -0.3 is 15.2 Å². The molecule has 1 fully saturated rings. The van der Waals surface area contributed by atoms with E-state index in [0.29, 0.717) is 0 Å². The first-order valence-electron chi connectivity index (χ1n) is 5.84. The number of thioether (sulfide) groups is 1. The summed E-state index contributed by atoms with van der Waals surface area (Å²) in [6.07, 6.45) is 3.05. The van der Waals surface area contributed by atoms with Crippen LogP contribution in [0.25, 0.3) is 0 Å². The van der Waals surface area contributed by atoms with Gasteiger partial charge in [-0.2, -0.15) is 11.8 Å². The van der Waals surface area contributed by atoms with Crippen LogP contribution in [0.3, 0.4) is 0 Å². The maximum Gasteiger partial charge on any atom is 0.0615 e. The van der Waals surface area contributed by atoms with Crippen molar-refractivity contribution in [1.29, 1.82) is 0 Å². The van der Waals surface area contributed by atoms with E-state index in [4.69, 9.17) is 4.74 Å². The number of aliphatic hydroxyl groups is 1. The van der Waals surface area contributed by atoms with Crippen molar-refractivity contribution >= 4 is 11.8 Å². The molecule has 4 heteroatoms. The average molecular weight is 233 g/mol. The van der Waals surface area contributed by atoms with E-state index in [1.54, 1.807) is 0 Å². The highest BCUT2D eigenvalue weighted by atomic mass is 32.2. The second kappa shape index (κ2) is 7.49. The van der Waals surface area contributed by atoms with Crippen molar-refractivity contribution in [1.82, 2.24) is 5.32 Å². The fourth-order valence-corrected chi connectivity index (χ4v) is 2.46. The summed E-state index contributed by atoms with van der Waals surface area (Å²) in [7, 11) is 0. The van der Waals surface area contributed by atoms with Gasteiger partial charge in [-0.1, -0.05) is 6.92 Å². The summed E-state index contributed by atoms with van der Waals surface area (Å²) in [5, 5.41) is 12.9. The van der Waals surface area contributed by atoms with E-state index in [1.165, 1.54) is 17.9 Å². The third kappa shape index (κ3) is 4.72. The molecule has 1 aliphatic rings. The van der Waals surface area contributed by atoms with Crippen LogP contribution in [0.15, 0.2) is 0 Å². The summed E-state index contributed by atoms with van der Waals surface area (Å²) in [5.41, 5.74) is -0.0604. The number of hydrogen-bond acceptors (Lipinski definition) is 4. The molecule has 0 radical (unpaired) electrons. The van der Waals surface area contributed by atoms with E-state index in [2.05, 4.69) is 12.2 Å². The number of rotatable bonds is 7. The molecular formula is C11H23NO2S. The lowest BCUT2D eigenvalue weighted by Gasteiger charge is -2.36. The van der Waals surface area contributed by atoms with Gasteiger partial charge in [-0.05, 0) is 37.3 Å². The van der Waals surface area contributed by atoms with Crippen LogP contribution >= 0.6 is 11.8 Å². The Balaban J connectivity index is 2.15. The first kappa shape index (κ1) is 13.3. The Hall–Kier alpha value is 0.230. The van der Waals surface area contributed by atoms with Gasteiger partial charge in [0.05, 0.1) is 6.61 Å². The van der Waals surface area contributed by atoms with Crippen molar-refractivity contribution in [3.05, 3.63) is 0 Å². The van der Waals surface area contributed by atoms with Crippen molar-refractivity contribution in [3.8, 4) is 0 Å². The highest BCUT2D eigenvalue weighted by Crippen LogP contribution is 2.19. The zero-order chi connectivity index (χ0) is 11.0. The minimum absolute atomic E-state index is 0.0604. The van der Waals surface area contributed by atoms with Crippen LogP contribution < -0.4 is 5.32 Å². The lowest BCUT2D eigenvalue weighted by atomic mass is 9.91. The average Bonchev–Trinajstić information content (AvgIpc) is 2.30. The van der Waals surface area contributed by atoms with E-state index in [-0.39, 0.29) is 12.1 Å². The Morgan fingerprint density at radius 1 is 1.40 bits per heavy atom. The monoisotopic (exact) mass is 233 g/mol. The maximum absolute atomic E-state index is 9.42. The van der Waals surface area contributed by atoms with E-state index < -0.39 is 0 Å². The smallest absolute Gasteiger partial charge is 0.0615 e.